The largest absolute Gasteiger partial charge is 0.466 e. The summed E-state index contributed by atoms with van der Waals surface area (Å²) >= 11 is 5.94. The highest BCUT2D eigenvalue weighted by Gasteiger charge is 2.11. The lowest BCUT2D eigenvalue weighted by molar-refractivity contribution is -0.142. The van der Waals surface area contributed by atoms with Crippen LogP contribution in [0.25, 0.3) is 10.8 Å². The van der Waals surface area contributed by atoms with Crippen molar-refractivity contribution in [1.29, 1.82) is 0 Å². The normalized spacial score (nSPS) is 10.5. The molecular weight excluding hydrogens is 240 g/mol. The van der Waals surface area contributed by atoms with Crippen molar-refractivity contribution in [3.63, 3.8) is 0 Å². The van der Waals surface area contributed by atoms with E-state index >= 15 is 0 Å². The van der Waals surface area contributed by atoms with Crippen LogP contribution in [0.4, 0.5) is 0 Å². The van der Waals surface area contributed by atoms with Gasteiger partial charge in [-0.15, -0.1) is 5.10 Å². The Balaban J connectivity index is 2.41. The van der Waals surface area contributed by atoms with Crippen molar-refractivity contribution in [3.05, 3.63) is 35.1 Å². The number of fused-ring (bicyclic) bond motifs is 1. The second-order valence-electron chi connectivity index (χ2n) is 3.46. The fourth-order valence-electron chi connectivity index (χ4n) is 1.61. The molecule has 0 aliphatic rings. The van der Waals surface area contributed by atoms with Crippen molar-refractivity contribution in [1.82, 2.24) is 10.2 Å². The summed E-state index contributed by atoms with van der Waals surface area (Å²) in [5.74, 6) is -0.311. The van der Waals surface area contributed by atoms with Crippen LogP contribution in [0.15, 0.2) is 24.3 Å². The van der Waals surface area contributed by atoms with E-state index < -0.39 is 0 Å². The molecule has 2 rings (SSSR count). The lowest BCUT2D eigenvalue weighted by Crippen LogP contribution is -2.09. The summed E-state index contributed by atoms with van der Waals surface area (Å²) in [7, 11) is 0. The molecule has 88 valence electrons. The van der Waals surface area contributed by atoms with Gasteiger partial charge in [0.15, 0.2) is 5.15 Å². The molecule has 0 aliphatic heterocycles. The second-order valence-corrected chi connectivity index (χ2v) is 3.82. The fraction of sp³-hybridized carbons (Fsp3) is 0.250. The lowest BCUT2D eigenvalue weighted by atomic mass is 10.1. The van der Waals surface area contributed by atoms with E-state index in [4.69, 9.17) is 16.3 Å². The summed E-state index contributed by atoms with van der Waals surface area (Å²) < 4.78 is 4.89. The Morgan fingerprint density at radius 2 is 2.00 bits per heavy atom. The molecule has 4 nitrogen and oxygen atoms in total. The van der Waals surface area contributed by atoms with Gasteiger partial charge in [-0.05, 0) is 6.92 Å². The smallest absolute Gasteiger partial charge is 0.311 e. The number of carbonyl (C=O) groups is 1. The molecule has 0 radical (unpaired) electrons. The second kappa shape index (κ2) is 5.10. The quantitative estimate of drug-likeness (QED) is 0.785. The van der Waals surface area contributed by atoms with Gasteiger partial charge in [0, 0.05) is 10.8 Å². The van der Waals surface area contributed by atoms with Crippen LogP contribution in [0.1, 0.15) is 12.6 Å². The van der Waals surface area contributed by atoms with Gasteiger partial charge in [0.25, 0.3) is 0 Å². The highest BCUT2D eigenvalue weighted by atomic mass is 35.5. The van der Waals surface area contributed by atoms with Crippen LogP contribution < -0.4 is 0 Å². The van der Waals surface area contributed by atoms with Gasteiger partial charge < -0.3 is 4.74 Å². The van der Waals surface area contributed by atoms with Crippen LogP contribution in [-0.2, 0) is 16.0 Å². The number of rotatable bonds is 3. The molecule has 1 aromatic carbocycles. The number of carbonyl (C=O) groups excluding carboxylic acids is 1. The van der Waals surface area contributed by atoms with Gasteiger partial charge in [0.05, 0.1) is 18.7 Å². The van der Waals surface area contributed by atoms with Crippen molar-refractivity contribution in [2.24, 2.45) is 0 Å². The highest BCUT2D eigenvalue weighted by Crippen LogP contribution is 2.22. The zero-order valence-corrected chi connectivity index (χ0v) is 10.1. The molecule has 2 aromatic rings. The number of hydrogen-bond acceptors (Lipinski definition) is 4. The van der Waals surface area contributed by atoms with E-state index in [1.165, 1.54) is 0 Å². The van der Waals surface area contributed by atoms with E-state index in [1.807, 2.05) is 24.3 Å². The van der Waals surface area contributed by atoms with E-state index in [0.717, 1.165) is 10.8 Å². The van der Waals surface area contributed by atoms with E-state index in [0.29, 0.717) is 17.5 Å². The molecule has 0 unspecified atom stereocenters. The Hall–Kier alpha value is -1.68. The van der Waals surface area contributed by atoms with Crippen molar-refractivity contribution in [2.45, 2.75) is 13.3 Å². The van der Waals surface area contributed by atoms with Crippen LogP contribution in [0.5, 0.6) is 0 Å². The van der Waals surface area contributed by atoms with Crippen molar-refractivity contribution < 1.29 is 9.53 Å². The average molecular weight is 251 g/mol. The standard InChI is InChI=1S/C12H11ClN2O2/c1-2-17-11(16)7-10-8-5-3-4-6-9(8)12(13)15-14-10/h3-6H,2,7H2,1H3. The molecule has 1 heterocycles. The lowest BCUT2D eigenvalue weighted by Gasteiger charge is -2.05. The molecule has 17 heavy (non-hydrogen) atoms. The first-order chi connectivity index (χ1) is 8.22. The minimum atomic E-state index is -0.311. The highest BCUT2D eigenvalue weighted by molar-refractivity contribution is 6.34. The maximum absolute atomic E-state index is 11.4. The monoisotopic (exact) mass is 250 g/mol. The maximum Gasteiger partial charge on any atom is 0.311 e. The number of hydrogen-bond donors (Lipinski definition) is 0. The molecule has 5 heteroatoms. The summed E-state index contributed by atoms with van der Waals surface area (Å²) in [6.07, 6.45) is 0.110. The van der Waals surface area contributed by atoms with Gasteiger partial charge in [-0.25, -0.2) is 0 Å². The molecule has 0 saturated carbocycles. The molecule has 0 bridgehead atoms. The minimum absolute atomic E-state index is 0.110. The first kappa shape index (κ1) is 11.8. The summed E-state index contributed by atoms with van der Waals surface area (Å²) in [5.41, 5.74) is 0.587. The number of benzene rings is 1. The number of halogens is 1. The van der Waals surface area contributed by atoms with Gasteiger partial charge in [-0.2, -0.15) is 5.10 Å². The van der Waals surface area contributed by atoms with Crippen molar-refractivity contribution >= 4 is 28.3 Å². The third-order valence-corrected chi connectivity index (χ3v) is 2.62. The molecule has 0 amide bonds. The summed E-state index contributed by atoms with van der Waals surface area (Å²) in [6, 6.07) is 7.45. The van der Waals surface area contributed by atoms with Crippen molar-refractivity contribution in [3.8, 4) is 0 Å². The number of ether oxygens (including phenoxy) is 1. The van der Waals surface area contributed by atoms with E-state index in [1.54, 1.807) is 6.92 Å². The molecule has 0 fully saturated rings. The minimum Gasteiger partial charge on any atom is -0.466 e. The third-order valence-electron chi connectivity index (χ3n) is 2.34. The number of aromatic nitrogens is 2. The summed E-state index contributed by atoms with van der Waals surface area (Å²) in [4.78, 5) is 11.4. The van der Waals surface area contributed by atoms with Crippen LogP contribution in [0.2, 0.25) is 5.15 Å². The zero-order chi connectivity index (χ0) is 12.3. The first-order valence-electron chi connectivity index (χ1n) is 5.27. The van der Waals surface area contributed by atoms with Gasteiger partial charge >= 0.3 is 5.97 Å². The Morgan fingerprint density at radius 1 is 1.29 bits per heavy atom. The Kier molecular flexibility index (Phi) is 3.54. The SMILES string of the molecule is CCOC(=O)Cc1nnc(Cl)c2ccccc12. The van der Waals surface area contributed by atoms with Crippen molar-refractivity contribution in [2.75, 3.05) is 6.61 Å². The molecule has 0 aliphatic carbocycles. The van der Waals surface area contributed by atoms with Gasteiger partial charge in [0.1, 0.15) is 0 Å². The molecule has 0 saturated heterocycles. The predicted molar refractivity (Wildman–Crippen MR) is 64.9 cm³/mol. The molecular formula is C12H11ClN2O2. The van der Waals surface area contributed by atoms with Gasteiger partial charge in [-0.3, -0.25) is 4.79 Å². The summed E-state index contributed by atoms with van der Waals surface area (Å²) in [5, 5.41) is 9.74. The van der Waals surface area contributed by atoms with E-state index in [9.17, 15) is 4.79 Å². The Labute approximate surface area is 104 Å². The maximum atomic E-state index is 11.4. The number of nitrogens with zero attached hydrogens (tertiary/aromatic N) is 2. The Morgan fingerprint density at radius 3 is 2.71 bits per heavy atom. The number of esters is 1. The predicted octanol–water partition coefficient (Wildman–Crippen LogP) is 2.39. The van der Waals surface area contributed by atoms with E-state index in [-0.39, 0.29) is 12.4 Å². The fourth-order valence-corrected chi connectivity index (χ4v) is 1.81. The molecule has 0 spiro atoms. The first-order valence-corrected chi connectivity index (χ1v) is 5.65. The zero-order valence-electron chi connectivity index (χ0n) is 9.31. The van der Waals surface area contributed by atoms with Gasteiger partial charge in [0.2, 0.25) is 0 Å². The third kappa shape index (κ3) is 2.53. The van der Waals surface area contributed by atoms with Crippen LogP contribution in [-0.4, -0.2) is 22.8 Å². The van der Waals surface area contributed by atoms with Crippen LogP contribution in [0, 0.1) is 0 Å². The van der Waals surface area contributed by atoms with Crippen LogP contribution in [0.3, 0.4) is 0 Å². The average Bonchev–Trinajstić information content (AvgIpc) is 2.34. The van der Waals surface area contributed by atoms with Gasteiger partial charge in [-0.1, -0.05) is 35.9 Å². The van der Waals surface area contributed by atoms with Crippen LogP contribution >= 0.6 is 11.6 Å². The molecule has 1 aromatic heterocycles. The van der Waals surface area contributed by atoms with E-state index in [2.05, 4.69) is 10.2 Å². The molecule has 0 N–H and O–H groups in total. The Bertz CT molecular complexity index is 557. The topological polar surface area (TPSA) is 52.1 Å². The summed E-state index contributed by atoms with van der Waals surface area (Å²) in [6.45, 7) is 2.13. The molecule has 0 atom stereocenters.